The molecule has 0 spiro atoms. The second-order valence-electron chi connectivity index (χ2n) is 5.48. The fraction of sp³-hybridized carbons (Fsp3) is 0. The molecule has 136 valence electrons. The largest absolute Gasteiger partial charge is 0.506 e. The zero-order valence-corrected chi connectivity index (χ0v) is 16.1. The maximum atomic E-state index is 12.1. The number of halogens is 2. The van der Waals surface area contributed by atoms with Crippen LogP contribution in [0, 0.1) is 0 Å². The van der Waals surface area contributed by atoms with Crippen LogP contribution < -0.4 is 10.6 Å². The predicted octanol–water partition coefficient (Wildman–Crippen LogP) is 4.83. The van der Waals surface area contributed by atoms with E-state index >= 15 is 0 Å². The Bertz CT molecular complexity index is 1010. The molecule has 0 unspecified atom stereocenters. The Morgan fingerprint density at radius 3 is 2.52 bits per heavy atom. The summed E-state index contributed by atoms with van der Waals surface area (Å²) in [5.74, 6) is -0.800. The van der Waals surface area contributed by atoms with Crippen LogP contribution in [0.25, 0.3) is 11.3 Å². The molecule has 3 amide bonds. The lowest BCUT2D eigenvalue weighted by molar-refractivity contribution is 0.0967. The van der Waals surface area contributed by atoms with Gasteiger partial charge in [0.05, 0.1) is 22.0 Å². The molecule has 0 aliphatic heterocycles. The van der Waals surface area contributed by atoms with E-state index in [2.05, 4.69) is 31.5 Å². The number of hydrogen-bond acceptors (Lipinski definition) is 4. The molecule has 0 fully saturated rings. The SMILES string of the molecule is O=C(NC(=O)c1ccccc1Cl)Nc1ccc(-c2ccc(Br)cn2)cc1O. The minimum Gasteiger partial charge on any atom is -0.506 e. The summed E-state index contributed by atoms with van der Waals surface area (Å²) < 4.78 is 0.841. The lowest BCUT2D eigenvalue weighted by Crippen LogP contribution is -2.34. The molecule has 6 nitrogen and oxygen atoms in total. The van der Waals surface area contributed by atoms with Crippen molar-refractivity contribution in [1.82, 2.24) is 10.3 Å². The van der Waals surface area contributed by atoms with Gasteiger partial charge in [-0.1, -0.05) is 29.8 Å². The highest BCUT2D eigenvalue weighted by molar-refractivity contribution is 9.10. The number of pyridine rings is 1. The van der Waals surface area contributed by atoms with Crippen molar-refractivity contribution in [2.75, 3.05) is 5.32 Å². The van der Waals surface area contributed by atoms with Gasteiger partial charge < -0.3 is 10.4 Å². The van der Waals surface area contributed by atoms with Crippen molar-refractivity contribution >= 4 is 45.2 Å². The number of amides is 3. The summed E-state index contributed by atoms with van der Waals surface area (Å²) >= 11 is 9.24. The number of benzene rings is 2. The Balaban J connectivity index is 1.70. The molecule has 3 rings (SSSR count). The molecule has 1 heterocycles. The highest BCUT2D eigenvalue weighted by atomic mass is 79.9. The van der Waals surface area contributed by atoms with Crippen molar-refractivity contribution < 1.29 is 14.7 Å². The molecule has 3 aromatic rings. The van der Waals surface area contributed by atoms with Gasteiger partial charge in [-0.15, -0.1) is 0 Å². The normalized spacial score (nSPS) is 10.3. The van der Waals surface area contributed by atoms with Gasteiger partial charge in [-0.25, -0.2) is 4.79 Å². The number of hydrogen-bond donors (Lipinski definition) is 3. The molecule has 27 heavy (non-hydrogen) atoms. The number of carbonyl (C=O) groups is 2. The van der Waals surface area contributed by atoms with Gasteiger partial charge in [0.1, 0.15) is 5.75 Å². The zero-order chi connectivity index (χ0) is 19.4. The van der Waals surface area contributed by atoms with Gasteiger partial charge in [-0.05, 0) is 52.3 Å². The number of nitrogens with zero attached hydrogens (tertiary/aromatic N) is 1. The first-order chi connectivity index (χ1) is 12.9. The van der Waals surface area contributed by atoms with Gasteiger partial charge in [-0.3, -0.25) is 15.1 Å². The topological polar surface area (TPSA) is 91.3 Å². The molecular weight excluding hydrogens is 434 g/mol. The monoisotopic (exact) mass is 445 g/mol. The maximum Gasteiger partial charge on any atom is 0.326 e. The number of phenolic OH excluding ortho intramolecular Hbond substituents is 1. The van der Waals surface area contributed by atoms with E-state index in [0.29, 0.717) is 11.3 Å². The summed E-state index contributed by atoms with van der Waals surface area (Å²) in [5.41, 5.74) is 1.67. The molecule has 0 bridgehead atoms. The molecule has 0 saturated heterocycles. The van der Waals surface area contributed by atoms with Crippen molar-refractivity contribution in [3.05, 3.63) is 75.9 Å². The van der Waals surface area contributed by atoms with Crippen molar-refractivity contribution in [2.45, 2.75) is 0 Å². The van der Waals surface area contributed by atoms with Crippen LogP contribution in [0.2, 0.25) is 5.02 Å². The molecule has 2 aromatic carbocycles. The summed E-state index contributed by atoms with van der Waals surface area (Å²) in [6, 6.07) is 13.9. The van der Waals surface area contributed by atoms with E-state index in [-0.39, 0.29) is 22.0 Å². The van der Waals surface area contributed by atoms with Gasteiger partial charge in [0.15, 0.2) is 0 Å². The van der Waals surface area contributed by atoms with E-state index in [9.17, 15) is 14.7 Å². The second-order valence-corrected chi connectivity index (χ2v) is 6.80. The first-order valence-corrected chi connectivity index (χ1v) is 8.93. The summed E-state index contributed by atoms with van der Waals surface area (Å²) in [7, 11) is 0. The van der Waals surface area contributed by atoms with Crippen molar-refractivity contribution in [3.8, 4) is 17.0 Å². The number of aromatic nitrogens is 1. The number of phenols is 1. The maximum absolute atomic E-state index is 12.1. The number of aromatic hydroxyl groups is 1. The molecule has 8 heteroatoms. The first kappa shape index (κ1) is 18.9. The molecule has 1 aromatic heterocycles. The number of carbonyl (C=O) groups excluding carboxylic acids is 2. The van der Waals surface area contributed by atoms with Crippen LogP contribution in [0.4, 0.5) is 10.5 Å². The Morgan fingerprint density at radius 2 is 1.85 bits per heavy atom. The molecule has 0 radical (unpaired) electrons. The molecular formula is C19H13BrClN3O3. The number of imide groups is 1. The average Bonchev–Trinajstić information content (AvgIpc) is 2.64. The highest BCUT2D eigenvalue weighted by Crippen LogP contribution is 2.29. The zero-order valence-electron chi connectivity index (χ0n) is 13.7. The van der Waals surface area contributed by atoms with Gasteiger partial charge in [0, 0.05) is 16.2 Å². The average molecular weight is 447 g/mol. The number of nitrogens with one attached hydrogen (secondary N) is 2. The van der Waals surface area contributed by atoms with Crippen LogP contribution >= 0.6 is 27.5 Å². The van der Waals surface area contributed by atoms with Crippen molar-refractivity contribution in [3.63, 3.8) is 0 Å². The van der Waals surface area contributed by atoms with E-state index in [1.807, 2.05) is 6.07 Å². The molecule has 0 aliphatic rings. The second kappa shape index (κ2) is 8.20. The van der Waals surface area contributed by atoms with E-state index in [1.165, 1.54) is 18.2 Å². The van der Waals surface area contributed by atoms with E-state index in [4.69, 9.17) is 11.6 Å². The Hall–Kier alpha value is -2.90. The van der Waals surface area contributed by atoms with Gasteiger partial charge in [0.2, 0.25) is 0 Å². The smallest absolute Gasteiger partial charge is 0.326 e. The molecule has 3 N–H and O–H groups in total. The third kappa shape index (κ3) is 4.64. The predicted molar refractivity (Wildman–Crippen MR) is 107 cm³/mol. The molecule has 0 atom stereocenters. The van der Waals surface area contributed by atoms with E-state index in [1.54, 1.807) is 36.5 Å². The van der Waals surface area contributed by atoms with E-state index < -0.39 is 11.9 Å². The van der Waals surface area contributed by atoms with Crippen molar-refractivity contribution in [2.24, 2.45) is 0 Å². The van der Waals surface area contributed by atoms with Crippen LogP contribution in [-0.2, 0) is 0 Å². The molecule has 0 aliphatic carbocycles. The number of rotatable bonds is 3. The minimum atomic E-state index is -0.787. The van der Waals surface area contributed by atoms with Crippen LogP contribution in [0.15, 0.2) is 65.3 Å². The highest BCUT2D eigenvalue weighted by Gasteiger charge is 2.14. The lowest BCUT2D eigenvalue weighted by Gasteiger charge is -2.10. The summed E-state index contributed by atoms with van der Waals surface area (Å²) in [5, 5.41) is 15.0. The fourth-order valence-corrected chi connectivity index (χ4v) is 2.77. The van der Waals surface area contributed by atoms with Gasteiger partial charge >= 0.3 is 6.03 Å². The third-order valence-corrected chi connectivity index (χ3v) is 4.41. The third-order valence-electron chi connectivity index (χ3n) is 3.61. The molecule has 0 saturated carbocycles. The Kier molecular flexibility index (Phi) is 5.73. The van der Waals surface area contributed by atoms with Crippen LogP contribution in [0.3, 0.4) is 0 Å². The Labute approximate surface area is 168 Å². The minimum absolute atomic E-state index is 0.153. The lowest BCUT2D eigenvalue weighted by atomic mass is 10.1. The first-order valence-electron chi connectivity index (χ1n) is 7.76. The van der Waals surface area contributed by atoms with Gasteiger partial charge in [-0.2, -0.15) is 0 Å². The van der Waals surface area contributed by atoms with Gasteiger partial charge in [0.25, 0.3) is 5.91 Å². The van der Waals surface area contributed by atoms with E-state index in [0.717, 1.165) is 4.47 Å². The standard InChI is InChI=1S/C19H13BrClN3O3/c20-12-6-8-15(22-10-12)11-5-7-16(17(25)9-11)23-19(27)24-18(26)13-3-1-2-4-14(13)21/h1-10,25H,(H2,23,24,26,27). The fourth-order valence-electron chi connectivity index (χ4n) is 2.31. The van der Waals surface area contributed by atoms with Crippen LogP contribution in [-0.4, -0.2) is 22.0 Å². The van der Waals surface area contributed by atoms with Crippen molar-refractivity contribution in [1.29, 1.82) is 0 Å². The van der Waals surface area contributed by atoms with Crippen LogP contribution in [0.1, 0.15) is 10.4 Å². The summed E-state index contributed by atoms with van der Waals surface area (Å²) in [6.07, 6.45) is 1.65. The number of anilines is 1. The quantitative estimate of drug-likeness (QED) is 0.502. The number of urea groups is 1. The summed E-state index contributed by atoms with van der Waals surface area (Å²) in [6.45, 7) is 0. The van der Waals surface area contributed by atoms with Crippen LogP contribution in [0.5, 0.6) is 5.75 Å². The summed E-state index contributed by atoms with van der Waals surface area (Å²) in [4.78, 5) is 28.4. The Morgan fingerprint density at radius 1 is 1.07 bits per heavy atom.